The van der Waals surface area contributed by atoms with Gasteiger partial charge in [0.1, 0.15) is 0 Å². The van der Waals surface area contributed by atoms with Crippen molar-refractivity contribution >= 4 is 34.8 Å². The van der Waals surface area contributed by atoms with E-state index in [0.717, 1.165) is 26.2 Å². The van der Waals surface area contributed by atoms with Gasteiger partial charge in [-0.25, -0.2) is 0 Å². The second kappa shape index (κ2) is 6.32. The smallest absolute Gasteiger partial charge is 0.257 e. The molecule has 1 heterocycles. The van der Waals surface area contributed by atoms with Gasteiger partial charge in [-0.3, -0.25) is 10.1 Å². The summed E-state index contributed by atoms with van der Waals surface area (Å²) in [6.07, 6.45) is 0. The van der Waals surface area contributed by atoms with Gasteiger partial charge < -0.3 is 9.80 Å². The Hall–Kier alpha value is -1.17. The van der Waals surface area contributed by atoms with Crippen molar-refractivity contribution in [1.82, 2.24) is 10.2 Å². The van der Waals surface area contributed by atoms with Crippen LogP contribution < -0.4 is 10.2 Å². The quantitative estimate of drug-likeness (QED) is 0.727. The number of nitrogens with one attached hydrogen (secondary N) is 2. The van der Waals surface area contributed by atoms with E-state index in [1.165, 1.54) is 4.90 Å². The van der Waals surface area contributed by atoms with E-state index < -0.39 is 0 Å². The van der Waals surface area contributed by atoms with Crippen LogP contribution in [0.15, 0.2) is 24.3 Å². The Morgan fingerprint density at radius 2 is 1.89 bits per heavy atom. The van der Waals surface area contributed by atoms with E-state index in [0.29, 0.717) is 15.7 Å². The lowest BCUT2D eigenvalue weighted by Crippen LogP contribution is -3.12. The number of hydrogen-bond acceptors (Lipinski definition) is 2. The Morgan fingerprint density at radius 3 is 2.47 bits per heavy atom. The number of hydrogen-bond donors (Lipinski definition) is 2. The van der Waals surface area contributed by atoms with Gasteiger partial charge in [0.15, 0.2) is 5.11 Å². The van der Waals surface area contributed by atoms with Crippen molar-refractivity contribution in [3.05, 3.63) is 34.9 Å². The first kappa shape index (κ1) is 14.2. The van der Waals surface area contributed by atoms with Gasteiger partial charge >= 0.3 is 0 Å². The van der Waals surface area contributed by atoms with Crippen LogP contribution >= 0.6 is 23.8 Å². The summed E-state index contributed by atoms with van der Waals surface area (Å²) in [5.74, 6) is -0.187. The van der Waals surface area contributed by atoms with E-state index in [2.05, 4.69) is 12.4 Å². The highest BCUT2D eigenvalue weighted by molar-refractivity contribution is 7.80. The summed E-state index contributed by atoms with van der Waals surface area (Å²) in [5.41, 5.74) is 0.562. The van der Waals surface area contributed by atoms with Crippen LogP contribution in [0.3, 0.4) is 0 Å². The number of amides is 1. The number of benzene rings is 1. The van der Waals surface area contributed by atoms with Crippen LogP contribution in [0.1, 0.15) is 10.4 Å². The molecule has 1 aromatic rings. The van der Waals surface area contributed by atoms with Crippen molar-refractivity contribution in [3.8, 4) is 0 Å². The van der Waals surface area contributed by atoms with Crippen LogP contribution in [0.5, 0.6) is 0 Å². The fourth-order valence-electron chi connectivity index (χ4n) is 1.94. The molecule has 2 N–H and O–H groups in total. The molecule has 4 nitrogen and oxygen atoms in total. The highest BCUT2D eigenvalue weighted by Crippen LogP contribution is 2.09. The third-order valence-corrected chi connectivity index (χ3v) is 3.84. The molecule has 2 rings (SSSR count). The largest absolute Gasteiger partial charge is 0.338 e. The van der Waals surface area contributed by atoms with E-state index in [1.54, 1.807) is 24.3 Å². The van der Waals surface area contributed by atoms with Crippen LogP contribution in [-0.4, -0.2) is 49.1 Å². The molecule has 0 aromatic heterocycles. The maximum Gasteiger partial charge on any atom is 0.257 e. The minimum Gasteiger partial charge on any atom is -0.338 e. The van der Waals surface area contributed by atoms with Gasteiger partial charge in [0.05, 0.1) is 33.2 Å². The molecule has 0 aliphatic carbocycles. The second-order valence-electron chi connectivity index (χ2n) is 4.71. The number of rotatable bonds is 1. The Morgan fingerprint density at radius 1 is 1.32 bits per heavy atom. The zero-order valence-electron chi connectivity index (χ0n) is 10.8. The Balaban J connectivity index is 1.91. The van der Waals surface area contributed by atoms with Crippen molar-refractivity contribution < 1.29 is 9.69 Å². The molecule has 0 atom stereocenters. The maximum absolute atomic E-state index is 12.0. The summed E-state index contributed by atoms with van der Waals surface area (Å²) < 4.78 is 0. The lowest BCUT2D eigenvalue weighted by atomic mass is 10.2. The van der Waals surface area contributed by atoms with E-state index in [-0.39, 0.29) is 5.91 Å². The predicted molar refractivity (Wildman–Crippen MR) is 79.7 cm³/mol. The third kappa shape index (κ3) is 3.89. The number of carbonyl (C=O) groups is 1. The summed E-state index contributed by atoms with van der Waals surface area (Å²) in [6.45, 7) is 3.84. The molecular formula is C13H17ClN3OS+. The lowest BCUT2D eigenvalue weighted by molar-refractivity contribution is -0.883. The topological polar surface area (TPSA) is 36.8 Å². The molecule has 1 aliphatic heterocycles. The Labute approximate surface area is 123 Å². The summed E-state index contributed by atoms with van der Waals surface area (Å²) in [4.78, 5) is 15.5. The minimum atomic E-state index is -0.187. The summed E-state index contributed by atoms with van der Waals surface area (Å²) in [6, 6.07) is 6.76. The molecule has 19 heavy (non-hydrogen) atoms. The van der Waals surface area contributed by atoms with E-state index in [4.69, 9.17) is 23.8 Å². The second-order valence-corrected chi connectivity index (χ2v) is 5.53. The molecule has 1 aromatic carbocycles. The van der Waals surface area contributed by atoms with Gasteiger partial charge in [0.2, 0.25) is 0 Å². The summed E-state index contributed by atoms with van der Waals surface area (Å²) >= 11 is 11.1. The van der Waals surface area contributed by atoms with Gasteiger partial charge in [-0.05, 0) is 36.5 Å². The number of likely N-dealkylation sites (N-methyl/N-ethyl adjacent to an activating group) is 1. The fourth-order valence-corrected chi connectivity index (χ4v) is 2.34. The molecule has 0 unspecified atom stereocenters. The van der Waals surface area contributed by atoms with Crippen molar-refractivity contribution in [2.24, 2.45) is 0 Å². The predicted octanol–water partition coefficient (Wildman–Crippen LogP) is 0.185. The molecule has 0 radical (unpaired) electrons. The average molecular weight is 299 g/mol. The molecule has 0 saturated carbocycles. The van der Waals surface area contributed by atoms with E-state index in [1.807, 2.05) is 4.90 Å². The first-order valence-electron chi connectivity index (χ1n) is 6.23. The first-order valence-corrected chi connectivity index (χ1v) is 7.02. The Kier molecular flexibility index (Phi) is 4.74. The van der Waals surface area contributed by atoms with E-state index >= 15 is 0 Å². The van der Waals surface area contributed by atoms with Gasteiger partial charge in [-0.1, -0.05) is 11.6 Å². The number of nitrogens with zero attached hydrogens (tertiary/aromatic N) is 1. The highest BCUT2D eigenvalue weighted by atomic mass is 35.5. The molecule has 1 fully saturated rings. The normalized spacial score (nSPS) is 16.2. The number of carbonyl (C=O) groups excluding carboxylic acids is 1. The minimum absolute atomic E-state index is 0.187. The zero-order chi connectivity index (χ0) is 13.8. The number of quaternary nitrogens is 1. The van der Waals surface area contributed by atoms with E-state index in [9.17, 15) is 4.79 Å². The Bertz CT molecular complexity index is 469. The van der Waals surface area contributed by atoms with Crippen LogP contribution in [0.25, 0.3) is 0 Å². The standard InChI is InChI=1S/C13H16ClN3OS/c1-16-6-8-17(9-7-16)13(19)15-12(18)10-2-4-11(14)5-3-10/h2-5H,6-9H2,1H3,(H,15,18,19)/p+1. The summed E-state index contributed by atoms with van der Waals surface area (Å²) in [5, 5.41) is 3.89. The zero-order valence-corrected chi connectivity index (χ0v) is 12.4. The van der Waals surface area contributed by atoms with Crippen LogP contribution in [0, 0.1) is 0 Å². The fraction of sp³-hybridized carbons (Fsp3) is 0.385. The molecule has 0 spiro atoms. The third-order valence-electron chi connectivity index (χ3n) is 3.23. The maximum atomic E-state index is 12.0. The monoisotopic (exact) mass is 298 g/mol. The molecule has 1 aliphatic rings. The van der Waals surface area contributed by atoms with Gasteiger partial charge in [0.25, 0.3) is 5.91 Å². The van der Waals surface area contributed by atoms with Crippen molar-refractivity contribution in [3.63, 3.8) is 0 Å². The van der Waals surface area contributed by atoms with Crippen molar-refractivity contribution in [2.45, 2.75) is 0 Å². The summed E-state index contributed by atoms with van der Waals surface area (Å²) in [7, 11) is 2.16. The molecule has 0 bridgehead atoms. The van der Waals surface area contributed by atoms with Crippen molar-refractivity contribution in [1.29, 1.82) is 0 Å². The van der Waals surface area contributed by atoms with Crippen LogP contribution in [0.2, 0.25) is 5.02 Å². The van der Waals surface area contributed by atoms with Gasteiger partial charge in [-0.2, -0.15) is 0 Å². The molecule has 102 valence electrons. The first-order chi connectivity index (χ1) is 9.06. The number of piperazine rings is 1. The molecule has 6 heteroatoms. The average Bonchev–Trinajstić information content (AvgIpc) is 2.40. The lowest BCUT2D eigenvalue weighted by Gasteiger charge is -2.31. The van der Waals surface area contributed by atoms with Gasteiger partial charge in [0, 0.05) is 10.6 Å². The molecule has 1 saturated heterocycles. The SMILES string of the molecule is C[NH+]1CCN(C(=S)NC(=O)c2ccc(Cl)cc2)CC1. The highest BCUT2D eigenvalue weighted by Gasteiger charge is 2.20. The molecular weight excluding hydrogens is 282 g/mol. The number of thiocarbonyl (C=S) groups is 1. The van der Waals surface area contributed by atoms with Crippen LogP contribution in [-0.2, 0) is 0 Å². The van der Waals surface area contributed by atoms with Crippen molar-refractivity contribution in [2.75, 3.05) is 33.2 Å². The van der Waals surface area contributed by atoms with Gasteiger partial charge in [-0.15, -0.1) is 0 Å². The van der Waals surface area contributed by atoms with Crippen LogP contribution in [0.4, 0.5) is 0 Å². The number of halogens is 1. The molecule has 1 amide bonds.